The van der Waals surface area contributed by atoms with Gasteiger partial charge in [-0.25, -0.2) is 0 Å². The Morgan fingerprint density at radius 1 is 1.12 bits per heavy atom. The largest absolute Gasteiger partial charge is 0.381 e. The number of nitrogens with one attached hydrogen (secondary N) is 2. The Morgan fingerprint density at radius 3 is 2.54 bits per heavy atom. The number of ether oxygens (including phenoxy) is 1. The number of nitrogens with zero attached hydrogens (tertiary/aromatic N) is 1. The highest BCUT2D eigenvalue weighted by Crippen LogP contribution is 2.21. The van der Waals surface area contributed by atoms with Crippen LogP contribution in [0.5, 0.6) is 0 Å². The predicted molar refractivity (Wildman–Crippen MR) is 102 cm³/mol. The summed E-state index contributed by atoms with van der Waals surface area (Å²) >= 11 is 0. The van der Waals surface area contributed by atoms with Crippen molar-refractivity contribution in [2.24, 2.45) is 5.92 Å². The zero-order chi connectivity index (χ0) is 18.9. The van der Waals surface area contributed by atoms with Gasteiger partial charge >= 0.3 is 0 Å². The smallest absolute Gasteiger partial charge is 0.255 e. The van der Waals surface area contributed by atoms with Crippen LogP contribution >= 0.6 is 0 Å². The van der Waals surface area contributed by atoms with Crippen LogP contribution in [0.15, 0.2) is 42.7 Å². The van der Waals surface area contributed by atoms with Gasteiger partial charge in [-0.15, -0.1) is 0 Å². The first-order chi connectivity index (χ1) is 12.5. The summed E-state index contributed by atoms with van der Waals surface area (Å²) in [4.78, 5) is 28.2. The van der Waals surface area contributed by atoms with E-state index >= 15 is 0 Å². The van der Waals surface area contributed by atoms with E-state index in [1.54, 1.807) is 30.6 Å². The molecule has 2 rings (SSSR count). The summed E-state index contributed by atoms with van der Waals surface area (Å²) in [5.74, 6) is 0.104. The highest BCUT2D eigenvalue weighted by molar-refractivity contribution is 6.05. The van der Waals surface area contributed by atoms with Gasteiger partial charge in [0, 0.05) is 35.9 Å². The first-order valence-electron chi connectivity index (χ1n) is 8.65. The third kappa shape index (κ3) is 6.29. The molecular formula is C20H25N3O3. The minimum Gasteiger partial charge on any atom is -0.381 e. The zero-order valence-corrected chi connectivity index (χ0v) is 15.4. The van der Waals surface area contributed by atoms with Crippen molar-refractivity contribution in [3.63, 3.8) is 0 Å². The van der Waals surface area contributed by atoms with Gasteiger partial charge in [0.25, 0.3) is 5.91 Å². The summed E-state index contributed by atoms with van der Waals surface area (Å²) in [6.45, 7) is 7.06. The van der Waals surface area contributed by atoms with Crippen LogP contribution in [0.3, 0.4) is 0 Å². The van der Waals surface area contributed by atoms with E-state index in [1.807, 2.05) is 19.1 Å². The average Bonchev–Trinajstić information content (AvgIpc) is 2.62. The number of benzene rings is 1. The Bertz CT molecular complexity index is 745. The van der Waals surface area contributed by atoms with Gasteiger partial charge < -0.3 is 15.4 Å². The van der Waals surface area contributed by atoms with E-state index in [1.165, 1.54) is 0 Å². The number of hydrogen-bond acceptors (Lipinski definition) is 4. The molecule has 1 heterocycles. The molecule has 0 unspecified atom stereocenters. The fraction of sp³-hybridized carbons (Fsp3) is 0.350. The molecule has 6 heteroatoms. The minimum absolute atomic E-state index is 0.121. The SMILES string of the molecule is Cc1ccc(NC(=O)CCOCC(C)C)cc1NC(=O)c1ccncc1. The van der Waals surface area contributed by atoms with E-state index in [2.05, 4.69) is 29.5 Å². The maximum absolute atomic E-state index is 12.3. The first kappa shape index (κ1) is 19.6. The Kier molecular flexibility index (Phi) is 7.29. The van der Waals surface area contributed by atoms with Gasteiger partial charge in [-0.05, 0) is 42.7 Å². The fourth-order valence-electron chi connectivity index (χ4n) is 2.24. The van der Waals surface area contributed by atoms with E-state index < -0.39 is 0 Å². The Labute approximate surface area is 154 Å². The number of carbonyl (C=O) groups excluding carboxylic acids is 2. The van der Waals surface area contributed by atoms with Gasteiger partial charge in [0.2, 0.25) is 5.91 Å². The standard InChI is InChI=1S/C20H25N3O3/c1-14(2)13-26-11-8-19(24)22-17-5-4-15(3)18(12-17)23-20(25)16-6-9-21-10-7-16/h4-7,9-10,12,14H,8,11,13H2,1-3H3,(H,22,24)(H,23,25). The summed E-state index contributed by atoms with van der Waals surface area (Å²) in [7, 11) is 0. The van der Waals surface area contributed by atoms with Crippen molar-refractivity contribution < 1.29 is 14.3 Å². The van der Waals surface area contributed by atoms with E-state index in [4.69, 9.17) is 4.74 Å². The zero-order valence-electron chi connectivity index (χ0n) is 15.4. The van der Waals surface area contributed by atoms with E-state index in [0.717, 1.165) is 5.56 Å². The maximum Gasteiger partial charge on any atom is 0.255 e. The molecule has 2 N–H and O–H groups in total. The number of hydrogen-bond donors (Lipinski definition) is 2. The number of aromatic nitrogens is 1. The van der Waals surface area contributed by atoms with Crippen LogP contribution in [0, 0.1) is 12.8 Å². The van der Waals surface area contributed by atoms with Gasteiger partial charge in [0.05, 0.1) is 13.0 Å². The van der Waals surface area contributed by atoms with Crippen LogP contribution in [-0.4, -0.2) is 30.0 Å². The normalized spacial score (nSPS) is 10.6. The Hall–Kier alpha value is -2.73. The van der Waals surface area contributed by atoms with Gasteiger partial charge in [-0.3, -0.25) is 14.6 Å². The number of carbonyl (C=O) groups is 2. The molecule has 2 aromatic rings. The second-order valence-corrected chi connectivity index (χ2v) is 6.49. The van der Waals surface area contributed by atoms with Crippen molar-refractivity contribution in [1.82, 2.24) is 4.98 Å². The second kappa shape index (κ2) is 9.68. The molecule has 0 bridgehead atoms. The maximum atomic E-state index is 12.3. The molecule has 6 nitrogen and oxygen atoms in total. The molecule has 0 aliphatic heterocycles. The van der Waals surface area contributed by atoms with Crippen LogP contribution in [0.2, 0.25) is 0 Å². The molecule has 1 aromatic heterocycles. The summed E-state index contributed by atoms with van der Waals surface area (Å²) in [6.07, 6.45) is 3.43. The summed E-state index contributed by atoms with van der Waals surface area (Å²) in [5, 5.41) is 5.69. The van der Waals surface area contributed by atoms with E-state index in [-0.39, 0.29) is 11.8 Å². The molecule has 26 heavy (non-hydrogen) atoms. The lowest BCUT2D eigenvalue weighted by Crippen LogP contribution is -2.16. The van der Waals surface area contributed by atoms with Crippen LogP contribution < -0.4 is 10.6 Å². The molecular weight excluding hydrogens is 330 g/mol. The van der Waals surface area contributed by atoms with Gasteiger partial charge in [-0.1, -0.05) is 19.9 Å². The third-order valence-electron chi connectivity index (χ3n) is 3.64. The van der Waals surface area contributed by atoms with Crippen molar-refractivity contribution in [2.45, 2.75) is 27.2 Å². The number of amides is 2. The Morgan fingerprint density at radius 2 is 1.85 bits per heavy atom. The third-order valence-corrected chi connectivity index (χ3v) is 3.64. The van der Waals surface area contributed by atoms with E-state index in [9.17, 15) is 9.59 Å². The number of pyridine rings is 1. The fourth-order valence-corrected chi connectivity index (χ4v) is 2.24. The number of anilines is 2. The quantitative estimate of drug-likeness (QED) is 0.709. The summed E-state index contributed by atoms with van der Waals surface area (Å²) in [5.41, 5.74) is 2.72. The van der Waals surface area contributed by atoms with Crippen molar-refractivity contribution in [1.29, 1.82) is 0 Å². The molecule has 0 aliphatic carbocycles. The van der Waals surface area contributed by atoms with Gasteiger partial charge in [-0.2, -0.15) is 0 Å². The second-order valence-electron chi connectivity index (χ2n) is 6.49. The highest BCUT2D eigenvalue weighted by Gasteiger charge is 2.09. The Balaban J connectivity index is 1.94. The lowest BCUT2D eigenvalue weighted by Gasteiger charge is -2.12. The van der Waals surface area contributed by atoms with Crippen LogP contribution in [0.4, 0.5) is 11.4 Å². The molecule has 0 spiro atoms. The molecule has 0 fully saturated rings. The lowest BCUT2D eigenvalue weighted by atomic mass is 10.1. The molecule has 138 valence electrons. The topological polar surface area (TPSA) is 80.3 Å². The molecule has 0 atom stereocenters. The number of aryl methyl sites for hydroxylation is 1. The van der Waals surface area contributed by atoms with Crippen molar-refractivity contribution in [3.05, 3.63) is 53.9 Å². The molecule has 0 aliphatic rings. The highest BCUT2D eigenvalue weighted by atomic mass is 16.5. The van der Waals surface area contributed by atoms with Crippen molar-refractivity contribution >= 4 is 23.2 Å². The molecule has 2 amide bonds. The van der Waals surface area contributed by atoms with Crippen molar-refractivity contribution in [2.75, 3.05) is 23.8 Å². The predicted octanol–water partition coefficient (Wildman–Crippen LogP) is 3.64. The molecule has 0 saturated carbocycles. The van der Waals surface area contributed by atoms with Crippen LogP contribution in [-0.2, 0) is 9.53 Å². The summed E-state index contributed by atoms with van der Waals surface area (Å²) in [6, 6.07) is 8.71. The monoisotopic (exact) mass is 355 g/mol. The molecule has 0 radical (unpaired) electrons. The van der Waals surface area contributed by atoms with Gasteiger partial charge in [0.1, 0.15) is 0 Å². The first-order valence-corrected chi connectivity index (χ1v) is 8.65. The lowest BCUT2D eigenvalue weighted by molar-refractivity contribution is -0.117. The number of rotatable bonds is 8. The van der Waals surface area contributed by atoms with Crippen LogP contribution in [0.1, 0.15) is 36.2 Å². The van der Waals surface area contributed by atoms with E-state index in [0.29, 0.717) is 42.5 Å². The minimum atomic E-state index is -0.221. The van der Waals surface area contributed by atoms with Gasteiger partial charge in [0.15, 0.2) is 0 Å². The van der Waals surface area contributed by atoms with Crippen molar-refractivity contribution in [3.8, 4) is 0 Å². The van der Waals surface area contributed by atoms with Crippen LogP contribution in [0.25, 0.3) is 0 Å². The average molecular weight is 355 g/mol. The molecule has 1 aromatic carbocycles. The summed E-state index contributed by atoms with van der Waals surface area (Å²) < 4.78 is 5.42. The molecule has 0 saturated heterocycles.